The predicted molar refractivity (Wildman–Crippen MR) is 96.8 cm³/mol. The third kappa shape index (κ3) is 4.37. The molecule has 4 nitrogen and oxygen atoms in total. The van der Waals surface area contributed by atoms with Crippen LogP contribution in [-0.2, 0) is 0 Å². The van der Waals surface area contributed by atoms with E-state index < -0.39 is 0 Å². The summed E-state index contributed by atoms with van der Waals surface area (Å²) in [7, 11) is 0. The van der Waals surface area contributed by atoms with Gasteiger partial charge in [-0.3, -0.25) is 0 Å². The molecule has 1 aliphatic heterocycles. The van der Waals surface area contributed by atoms with Gasteiger partial charge in [0, 0.05) is 32.7 Å². The number of hydrogen-bond acceptors (Lipinski definition) is 3. The van der Waals surface area contributed by atoms with Crippen molar-refractivity contribution in [3.63, 3.8) is 0 Å². The minimum absolute atomic E-state index is 0.686. The molecule has 0 aromatic heterocycles. The summed E-state index contributed by atoms with van der Waals surface area (Å²) in [5.74, 6) is 0.960. The van der Waals surface area contributed by atoms with E-state index >= 15 is 0 Å². The zero-order valence-corrected chi connectivity index (χ0v) is 14.3. The molecule has 1 N–H and O–H groups in total. The lowest BCUT2D eigenvalue weighted by molar-refractivity contribution is 0.336. The standard InChI is InChI=1S/C17H25N3OS/c1-4-21-16-8-6-5-7-15(16)19-9-11-20(12-10-19)17(22)18-13-14(2)3/h5-8H,2,4,9-13H2,1,3H3,(H,18,22). The Morgan fingerprint density at radius 2 is 1.95 bits per heavy atom. The quantitative estimate of drug-likeness (QED) is 0.665. The second kappa shape index (κ2) is 8.03. The maximum Gasteiger partial charge on any atom is 0.169 e. The van der Waals surface area contributed by atoms with Crippen LogP contribution in [-0.4, -0.2) is 49.3 Å². The summed E-state index contributed by atoms with van der Waals surface area (Å²) in [6.07, 6.45) is 0. The van der Waals surface area contributed by atoms with Gasteiger partial charge in [-0.25, -0.2) is 0 Å². The van der Waals surface area contributed by atoms with Crippen molar-refractivity contribution in [2.75, 3.05) is 44.2 Å². The first kappa shape index (κ1) is 16.6. The number of hydrogen-bond donors (Lipinski definition) is 1. The topological polar surface area (TPSA) is 27.7 Å². The van der Waals surface area contributed by atoms with Gasteiger partial charge >= 0.3 is 0 Å². The van der Waals surface area contributed by atoms with E-state index in [9.17, 15) is 0 Å². The average Bonchev–Trinajstić information content (AvgIpc) is 2.53. The first-order valence-corrected chi connectivity index (χ1v) is 8.16. The highest BCUT2D eigenvalue weighted by molar-refractivity contribution is 7.80. The van der Waals surface area contributed by atoms with Crippen molar-refractivity contribution in [2.24, 2.45) is 0 Å². The van der Waals surface area contributed by atoms with Crippen LogP contribution in [0.15, 0.2) is 36.4 Å². The monoisotopic (exact) mass is 319 g/mol. The van der Waals surface area contributed by atoms with Gasteiger partial charge in [-0.15, -0.1) is 0 Å². The molecule has 0 bridgehead atoms. The lowest BCUT2D eigenvalue weighted by Crippen LogP contribution is -2.52. The molecule has 2 rings (SSSR count). The third-order valence-corrected chi connectivity index (χ3v) is 4.02. The van der Waals surface area contributed by atoms with E-state index in [4.69, 9.17) is 17.0 Å². The minimum atomic E-state index is 0.686. The Morgan fingerprint density at radius 3 is 2.59 bits per heavy atom. The fraction of sp³-hybridized carbons (Fsp3) is 0.471. The number of piperazine rings is 1. The molecule has 1 aromatic carbocycles. The van der Waals surface area contributed by atoms with Gasteiger partial charge in [0.2, 0.25) is 0 Å². The molecule has 0 unspecified atom stereocenters. The molecular formula is C17H25N3OS. The minimum Gasteiger partial charge on any atom is -0.492 e. The van der Waals surface area contributed by atoms with Crippen LogP contribution in [0.1, 0.15) is 13.8 Å². The van der Waals surface area contributed by atoms with Crippen molar-refractivity contribution in [2.45, 2.75) is 13.8 Å². The summed E-state index contributed by atoms with van der Waals surface area (Å²) in [5, 5.41) is 4.07. The number of anilines is 1. The van der Waals surface area contributed by atoms with Gasteiger partial charge < -0.3 is 19.9 Å². The summed E-state index contributed by atoms with van der Waals surface area (Å²) in [4.78, 5) is 4.58. The Kier molecular flexibility index (Phi) is 6.07. The highest BCUT2D eigenvalue weighted by atomic mass is 32.1. The number of benzene rings is 1. The molecule has 0 radical (unpaired) electrons. The van der Waals surface area contributed by atoms with Crippen LogP contribution in [0.2, 0.25) is 0 Å². The van der Waals surface area contributed by atoms with E-state index in [1.807, 2.05) is 26.0 Å². The van der Waals surface area contributed by atoms with Crippen molar-refractivity contribution in [3.05, 3.63) is 36.4 Å². The van der Waals surface area contributed by atoms with Gasteiger partial charge in [0.15, 0.2) is 5.11 Å². The average molecular weight is 319 g/mol. The summed E-state index contributed by atoms with van der Waals surface area (Å²) in [6, 6.07) is 8.23. The molecule has 0 spiro atoms. The third-order valence-electron chi connectivity index (χ3n) is 3.61. The molecule has 1 fully saturated rings. The number of thiocarbonyl (C=S) groups is 1. The smallest absolute Gasteiger partial charge is 0.169 e. The lowest BCUT2D eigenvalue weighted by Gasteiger charge is -2.38. The van der Waals surface area contributed by atoms with E-state index in [1.54, 1.807) is 0 Å². The van der Waals surface area contributed by atoms with Crippen LogP contribution in [0, 0.1) is 0 Å². The van der Waals surface area contributed by atoms with Crippen molar-refractivity contribution in [3.8, 4) is 5.75 Å². The van der Waals surface area contributed by atoms with E-state index in [0.29, 0.717) is 6.61 Å². The summed E-state index contributed by atoms with van der Waals surface area (Å²) in [6.45, 7) is 13.1. The van der Waals surface area contributed by atoms with Gasteiger partial charge in [-0.2, -0.15) is 0 Å². The van der Waals surface area contributed by atoms with E-state index in [-0.39, 0.29) is 0 Å². The van der Waals surface area contributed by atoms with Crippen molar-refractivity contribution < 1.29 is 4.74 Å². The summed E-state index contributed by atoms with van der Waals surface area (Å²) >= 11 is 5.45. The van der Waals surface area contributed by atoms with Gasteiger partial charge in [-0.1, -0.05) is 24.3 Å². The van der Waals surface area contributed by atoms with Gasteiger partial charge in [0.05, 0.1) is 12.3 Å². The molecule has 1 aliphatic rings. The lowest BCUT2D eigenvalue weighted by atomic mass is 10.2. The van der Waals surface area contributed by atoms with Crippen LogP contribution < -0.4 is 15.0 Å². The van der Waals surface area contributed by atoms with Crippen LogP contribution in [0.5, 0.6) is 5.75 Å². The summed E-state index contributed by atoms with van der Waals surface area (Å²) in [5.41, 5.74) is 2.26. The maximum atomic E-state index is 5.73. The highest BCUT2D eigenvalue weighted by Crippen LogP contribution is 2.28. The molecule has 0 aliphatic carbocycles. The fourth-order valence-electron chi connectivity index (χ4n) is 2.48. The van der Waals surface area contributed by atoms with Crippen molar-refractivity contribution in [1.82, 2.24) is 10.2 Å². The van der Waals surface area contributed by atoms with E-state index in [1.165, 1.54) is 5.69 Å². The number of nitrogens with zero attached hydrogens (tertiary/aromatic N) is 2. The molecular weight excluding hydrogens is 294 g/mol. The van der Waals surface area contributed by atoms with E-state index in [0.717, 1.165) is 49.2 Å². The van der Waals surface area contributed by atoms with Gasteiger partial charge in [0.25, 0.3) is 0 Å². The highest BCUT2D eigenvalue weighted by Gasteiger charge is 2.20. The first-order chi connectivity index (χ1) is 10.6. The normalized spacial score (nSPS) is 14.6. The second-order valence-corrected chi connectivity index (χ2v) is 5.88. The van der Waals surface area contributed by atoms with Gasteiger partial charge in [-0.05, 0) is 38.2 Å². The van der Waals surface area contributed by atoms with Crippen LogP contribution in [0.25, 0.3) is 0 Å². The molecule has 1 heterocycles. The van der Waals surface area contributed by atoms with Crippen LogP contribution in [0.3, 0.4) is 0 Å². The molecule has 22 heavy (non-hydrogen) atoms. The molecule has 0 amide bonds. The molecule has 5 heteroatoms. The molecule has 0 atom stereocenters. The van der Waals surface area contributed by atoms with Crippen LogP contribution in [0.4, 0.5) is 5.69 Å². The molecule has 120 valence electrons. The van der Waals surface area contributed by atoms with Crippen molar-refractivity contribution >= 4 is 23.0 Å². The molecule has 0 saturated carbocycles. The predicted octanol–water partition coefficient (Wildman–Crippen LogP) is 2.66. The number of ether oxygens (including phenoxy) is 1. The number of nitrogens with one attached hydrogen (secondary N) is 1. The molecule has 1 aromatic rings. The largest absolute Gasteiger partial charge is 0.492 e. The zero-order valence-electron chi connectivity index (χ0n) is 13.5. The van der Waals surface area contributed by atoms with Crippen molar-refractivity contribution in [1.29, 1.82) is 0 Å². The van der Waals surface area contributed by atoms with E-state index in [2.05, 4.69) is 33.8 Å². The second-order valence-electron chi connectivity index (χ2n) is 5.49. The Hall–Kier alpha value is -1.75. The number of para-hydroxylation sites is 2. The first-order valence-electron chi connectivity index (χ1n) is 7.75. The molecule has 1 saturated heterocycles. The zero-order chi connectivity index (χ0) is 15.9. The Balaban J connectivity index is 1.92. The number of rotatable bonds is 5. The SMILES string of the molecule is C=C(C)CNC(=S)N1CCN(c2ccccc2OCC)CC1. The Morgan fingerprint density at radius 1 is 1.27 bits per heavy atom. The van der Waals surface area contributed by atoms with Gasteiger partial charge in [0.1, 0.15) is 5.75 Å². The maximum absolute atomic E-state index is 5.73. The van der Waals surface area contributed by atoms with Crippen LogP contribution >= 0.6 is 12.2 Å². The Bertz CT molecular complexity index is 524. The summed E-state index contributed by atoms with van der Waals surface area (Å²) < 4.78 is 5.73. The fourth-order valence-corrected chi connectivity index (χ4v) is 2.74. The Labute approximate surface area is 138 Å².